The Kier molecular flexibility index (Phi) is 3.01. The second-order valence-corrected chi connectivity index (χ2v) is 3.60. The van der Waals surface area contributed by atoms with E-state index in [1.165, 1.54) is 18.5 Å². The standard InChI is InChI=1S/C11H9ClFN3/c1-16(9-5-3-2-4-8(9)13)11-7-14-6-10(12)15-11/h2-7H,1H3. The third-order valence-corrected chi connectivity index (χ3v) is 2.33. The highest BCUT2D eigenvalue weighted by molar-refractivity contribution is 6.29. The predicted molar refractivity (Wildman–Crippen MR) is 61.5 cm³/mol. The van der Waals surface area contributed by atoms with E-state index in [9.17, 15) is 4.39 Å². The topological polar surface area (TPSA) is 29.0 Å². The first-order chi connectivity index (χ1) is 7.68. The lowest BCUT2D eigenvalue weighted by Crippen LogP contribution is -2.13. The molecule has 0 unspecified atom stereocenters. The molecule has 16 heavy (non-hydrogen) atoms. The van der Waals surface area contributed by atoms with Gasteiger partial charge in [0.15, 0.2) is 5.82 Å². The maximum Gasteiger partial charge on any atom is 0.153 e. The van der Waals surface area contributed by atoms with Crippen LogP contribution >= 0.6 is 11.6 Å². The third kappa shape index (κ3) is 2.12. The Morgan fingerprint density at radius 3 is 2.69 bits per heavy atom. The fraction of sp³-hybridized carbons (Fsp3) is 0.0909. The molecule has 2 rings (SSSR count). The van der Waals surface area contributed by atoms with Crippen LogP contribution in [0.4, 0.5) is 15.9 Å². The van der Waals surface area contributed by atoms with Crippen molar-refractivity contribution >= 4 is 23.1 Å². The van der Waals surface area contributed by atoms with E-state index < -0.39 is 0 Å². The minimum absolute atomic E-state index is 0.278. The lowest BCUT2D eigenvalue weighted by molar-refractivity contribution is 0.627. The van der Waals surface area contributed by atoms with Crippen LogP contribution in [0.3, 0.4) is 0 Å². The van der Waals surface area contributed by atoms with Gasteiger partial charge in [-0.05, 0) is 12.1 Å². The number of hydrogen-bond donors (Lipinski definition) is 0. The molecule has 1 aromatic heterocycles. The molecule has 1 heterocycles. The van der Waals surface area contributed by atoms with E-state index in [0.29, 0.717) is 11.5 Å². The van der Waals surface area contributed by atoms with E-state index in [-0.39, 0.29) is 11.0 Å². The van der Waals surface area contributed by atoms with Crippen molar-refractivity contribution in [2.75, 3.05) is 11.9 Å². The first-order valence-corrected chi connectivity index (χ1v) is 5.02. The molecule has 0 saturated carbocycles. The molecular weight excluding hydrogens is 229 g/mol. The van der Waals surface area contributed by atoms with Crippen LogP contribution in [0.15, 0.2) is 36.7 Å². The van der Waals surface area contributed by atoms with Crippen molar-refractivity contribution in [2.24, 2.45) is 0 Å². The molecule has 0 aliphatic heterocycles. The summed E-state index contributed by atoms with van der Waals surface area (Å²) in [6.07, 6.45) is 2.96. The van der Waals surface area contributed by atoms with Crippen molar-refractivity contribution in [2.45, 2.75) is 0 Å². The summed E-state index contributed by atoms with van der Waals surface area (Å²) in [4.78, 5) is 9.55. The highest BCUT2D eigenvalue weighted by Crippen LogP contribution is 2.24. The Hall–Kier alpha value is -1.68. The summed E-state index contributed by atoms with van der Waals surface area (Å²) in [5, 5.41) is 0.278. The zero-order valence-corrected chi connectivity index (χ0v) is 9.32. The minimum atomic E-state index is -0.313. The van der Waals surface area contributed by atoms with Crippen LogP contribution < -0.4 is 4.90 Å². The highest BCUT2D eigenvalue weighted by atomic mass is 35.5. The van der Waals surface area contributed by atoms with Crippen molar-refractivity contribution < 1.29 is 4.39 Å². The molecular formula is C11H9ClFN3. The molecule has 0 fully saturated rings. The van der Waals surface area contributed by atoms with E-state index in [2.05, 4.69) is 9.97 Å². The number of rotatable bonds is 2. The van der Waals surface area contributed by atoms with Gasteiger partial charge in [0.05, 0.1) is 18.1 Å². The normalized spacial score (nSPS) is 10.2. The van der Waals surface area contributed by atoms with Gasteiger partial charge in [0.1, 0.15) is 11.0 Å². The molecule has 0 radical (unpaired) electrons. The number of aromatic nitrogens is 2. The molecule has 0 bridgehead atoms. The van der Waals surface area contributed by atoms with Gasteiger partial charge >= 0.3 is 0 Å². The number of anilines is 2. The maximum atomic E-state index is 13.5. The van der Waals surface area contributed by atoms with Crippen LogP contribution in [-0.2, 0) is 0 Å². The summed E-state index contributed by atoms with van der Waals surface area (Å²) in [6, 6.07) is 6.45. The second kappa shape index (κ2) is 4.45. The summed E-state index contributed by atoms with van der Waals surface area (Å²) in [5.74, 6) is 0.185. The van der Waals surface area contributed by atoms with Crippen molar-refractivity contribution in [3.8, 4) is 0 Å². The summed E-state index contributed by atoms with van der Waals surface area (Å²) in [7, 11) is 1.71. The Balaban J connectivity index is 2.39. The number of nitrogens with zero attached hydrogens (tertiary/aromatic N) is 3. The minimum Gasteiger partial charge on any atom is -0.326 e. The van der Waals surface area contributed by atoms with Crippen LogP contribution in [-0.4, -0.2) is 17.0 Å². The van der Waals surface area contributed by atoms with Gasteiger partial charge in [-0.3, -0.25) is 4.98 Å². The molecule has 1 aromatic carbocycles. The molecule has 0 spiro atoms. The molecule has 0 N–H and O–H groups in total. The van der Waals surface area contributed by atoms with Gasteiger partial charge in [-0.1, -0.05) is 23.7 Å². The van der Waals surface area contributed by atoms with E-state index in [0.717, 1.165) is 0 Å². The fourth-order valence-corrected chi connectivity index (χ4v) is 1.48. The average molecular weight is 238 g/mol. The quantitative estimate of drug-likeness (QED) is 0.804. The number of halogens is 2. The maximum absolute atomic E-state index is 13.5. The van der Waals surface area contributed by atoms with Gasteiger partial charge in [-0.2, -0.15) is 0 Å². The summed E-state index contributed by atoms with van der Waals surface area (Å²) in [6.45, 7) is 0. The van der Waals surface area contributed by atoms with E-state index in [4.69, 9.17) is 11.6 Å². The third-order valence-electron chi connectivity index (χ3n) is 2.15. The van der Waals surface area contributed by atoms with Gasteiger partial charge in [0.25, 0.3) is 0 Å². The molecule has 5 heteroatoms. The van der Waals surface area contributed by atoms with Crippen LogP contribution in [0.5, 0.6) is 0 Å². The number of hydrogen-bond acceptors (Lipinski definition) is 3. The first kappa shape index (κ1) is 10.8. The van der Waals surface area contributed by atoms with E-state index in [1.54, 1.807) is 30.1 Å². The number of benzene rings is 1. The Bertz CT molecular complexity index is 504. The van der Waals surface area contributed by atoms with Crippen molar-refractivity contribution in [3.63, 3.8) is 0 Å². The number of para-hydroxylation sites is 1. The van der Waals surface area contributed by atoms with Gasteiger partial charge in [0, 0.05) is 7.05 Å². The average Bonchev–Trinajstić information content (AvgIpc) is 2.29. The molecule has 0 saturated heterocycles. The van der Waals surface area contributed by atoms with Gasteiger partial charge in [-0.15, -0.1) is 0 Å². The highest BCUT2D eigenvalue weighted by Gasteiger charge is 2.10. The Labute approximate surface area is 97.5 Å². The van der Waals surface area contributed by atoms with Gasteiger partial charge in [0.2, 0.25) is 0 Å². The van der Waals surface area contributed by atoms with Crippen LogP contribution in [0.25, 0.3) is 0 Å². The summed E-state index contributed by atoms with van der Waals surface area (Å²) < 4.78 is 13.5. The first-order valence-electron chi connectivity index (χ1n) is 4.64. The summed E-state index contributed by atoms with van der Waals surface area (Å²) >= 11 is 5.72. The zero-order valence-electron chi connectivity index (χ0n) is 8.56. The van der Waals surface area contributed by atoms with Crippen molar-refractivity contribution in [1.29, 1.82) is 0 Å². The SMILES string of the molecule is CN(c1cncc(Cl)n1)c1ccccc1F. The summed E-state index contributed by atoms with van der Waals surface area (Å²) in [5.41, 5.74) is 0.430. The lowest BCUT2D eigenvalue weighted by atomic mass is 10.3. The smallest absolute Gasteiger partial charge is 0.153 e. The van der Waals surface area contributed by atoms with Gasteiger partial charge < -0.3 is 4.90 Å². The zero-order chi connectivity index (χ0) is 11.5. The fourth-order valence-electron chi connectivity index (χ4n) is 1.34. The van der Waals surface area contributed by atoms with Gasteiger partial charge in [-0.25, -0.2) is 9.37 Å². The van der Waals surface area contributed by atoms with Crippen LogP contribution in [0.1, 0.15) is 0 Å². The van der Waals surface area contributed by atoms with Crippen molar-refractivity contribution in [1.82, 2.24) is 9.97 Å². The molecule has 3 nitrogen and oxygen atoms in total. The Morgan fingerprint density at radius 2 is 2.00 bits per heavy atom. The largest absolute Gasteiger partial charge is 0.326 e. The monoisotopic (exact) mass is 237 g/mol. The molecule has 0 atom stereocenters. The molecule has 2 aromatic rings. The predicted octanol–water partition coefficient (Wildman–Crippen LogP) is 3.04. The van der Waals surface area contributed by atoms with Crippen LogP contribution in [0.2, 0.25) is 5.15 Å². The molecule has 82 valence electrons. The Morgan fingerprint density at radius 1 is 1.25 bits per heavy atom. The lowest BCUT2D eigenvalue weighted by Gasteiger charge is -2.18. The molecule has 0 aliphatic rings. The molecule has 0 amide bonds. The molecule has 0 aliphatic carbocycles. The van der Waals surface area contributed by atoms with E-state index in [1.807, 2.05) is 0 Å². The van der Waals surface area contributed by atoms with E-state index >= 15 is 0 Å². The van der Waals surface area contributed by atoms with Crippen LogP contribution in [0, 0.1) is 5.82 Å². The second-order valence-electron chi connectivity index (χ2n) is 3.21. The van der Waals surface area contributed by atoms with Crippen molar-refractivity contribution in [3.05, 3.63) is 47.6 Å².